The second-order valence-electron chi connectivity index (χ2n) is 6.03. The van der Waals surface area contributed by atoms with Crippen molar-refractivity contribution < 1.29 is 5.11 Å². The van der Waals surface area contributed by atoms with Gasteiger partial charge in [-0.1, -0.05) is 78.4 Å². The van der Waals surface area contributed by atoms with Crippen molar-refractivity contribution >= 4 is 0 Å². The first-order valence-corrected chi connectivity index (χ1v) is 8.24. The number of aryl methyl sites for hydroxylation is 1. The van der Waals surface area contributed by atoms with Gasteiger partial charge in [0.2, 0.25) is 0 Å². The summed E-state index contributed by atoms with van der Waals surface area (Å²) in [4.78, 5) is 0. The van der Waals surface area contributed by atoms with Crippen molar-refractivity contribution in [3.8, 4) is 34.0 Å². The largest absolute Gasteiger partial charge is 0.504 e. The lowest BCUT2D eigenvalue weighted by molar-refractivity contribution is 0.479. The zero-order valence-electron chi connectivity index (χ0n) is 13.9. The molecule has 3 nitrogen and oxygen atoms in total. The van der Waals surface area contributed by atoms with Crippen LogP contribution in [0, 0.1) is 6.92 Å². The minimum absolute atomic E-state index is 0.193. The van der Waals surface area contributed by atoms with E-state index in [0.717, 1.165) is 16.8 Å². The summed E-state index contributed by atoms with van der Waals surface area (Å²) in [7, 11) is 0. The van der Waals surface area contributed by atoms with Gasteiger partial charge in [-0.05, 0) is 19.1 Å². The van der Waals surface area contributed by atoms with Gasteiger partial charge in [0, 0.05) is 11.1 Å². The average molecular weight is 326 g/mol. The Kier molecular flexibility index (Phi) is 3.82. The number of benzene rings is 3. The topological polar surface area (TPSA) is 38.0 Å². The van der Waals surface area contributed by atoms with Crippen molar-refractivity contribution in [2.24, 2.45) is 0 Å². The quantitative estimate of drug-likeness (QED) is 0.560. The fourth-order valence-electron chi connectivity index (χ4n) is 2.93. The Morgan fingerprint density at radius 1 is 0.720 bits per heavy atom. The number of aromatic nitrogens is 2. The van der Waals surface area contributed by atoms with E-state index in [2.05, 4.69) is 0 Å². The third kappa shape index (κ3) is 2.81. The lowest BCUT2D eigenvalue weighted by Gasteiger charge is -2.07. The normalized spacial score (nSPS) is 10.8. The van der Waals surface area contributed by atoms with Gasteiger partial charge >= 0.3 is 0 Å². The number of nitrogens with zero attached hydrogens (tertiary/aromatic N) is 2. The lowest BCUT2D eigenvalue weighted by atomic mass is 10.1. The monoisotopic (exact) mass is 326 g/mol. The molecule has 0 saturated heterocycles. The summed E-state index contributed by atoms with van der Waals surface area (Å²) in [6, 6.07) is 27.7. The van der Waals surface area contributed by atoms with E-state index in [0.29, 0.717) is 11.4 Å². The van der Waals surface area contributed by atoms with Crippen LogP contribution in [-0.2, 0) is 0 Å². The van der Waals surface area contributed by atoms with Crippen molar-refractivity contribution in [3.05, 3.63) is 90.5 Å². The van der Waals surface area contributed by atoms with E-state index in [9.17, 15) is 5.11 Å². The minimum atomic E-state index is 0.193. The van der Waals surface area contributed by atoms with Gasteiger partial charge in [-0.25, -0.2) is 4.68 Å². The summed E-state index contributed by atoms with van der Waals surface area (Å²) >= 11 is 0. The Morgan fingerprint density at radius 3 is 1.96 bits per heavy atom. The van der Waals surface area contributed by atoms with E-state index < -0.39 is 0 Å². The van der Waals surface area contributed by atoms with Crippen LogP contribution in [0.1, 0.15) is 5.56 Å². The van der Waals surface area contributed by atoms with Crippen LogP contribution in [0.25, 0.3) is 28.2 Å². The van der Waals surface area contributed by atoms with Crippen molar-refractivity contribution in [1.29, 1.82) is 0 Å². The van der Waals surface area contributed by atoms with Gasteiger partial charge in [0.1, 0.15) is 11.4 Å². The van der Waals surface area contributed by atoms with E-state index in [1.807, 2.05) is 91.9 Å². The van der Waals surface area contributed by atoms with E-state index in [-0.39, 0.29) is 5.75 Å². The molecule has 0 amide bonds. The van der Waals surface area contributed by atoms with Crippen LogP contribution < -0.4 is 0 Å². The zero-order chi connectivity index (χ0) is 17.2. The summed E-state index contributed by atoms with van der Waals surface area (Å²) in [6.07, 6.45) is 0. The maximum absolute atomic E-state index is 11.0. The second kappa shape index (κ2) is 6.29. The van der Waals surface area contributed by atoms with E-state index >= 15 is 0 Å². The van der Waals surface area contributed by atoms with Gasteiger partial charge in [-0.3, -0.25) is 0 Å². The van der Waals surface area contributed by atoms with Gasteiger partial charge in [-0.2, -0.15) is 5.10 Å². The number of hydrogen-bond acceptors (Lipinski definition) is 2. The van der Waals surface area contributed by atoms with E-state index in [1.165, 1.54) is 5.56 Å². The first-order valence-electron chi connectivity index (χ1n) is 8.24. The molecule has 0 spiro atoms. The second-order valence-corrected chi connectivity index (χ2v) is 6.03. The van der Waals surface area contributed by atoms with Crippen LogP contribution in [-0.4, -0.2) is 14.9 Å². The number of hydrogen-bond donors (Lipinski definition) is 1. The summed E-state index contributed by atoms with van der Waals surface area (Å²) in [6.45, 7) is 2.04. The molecule has 0 unspecified atom stereocenters. The van der Waals surface area contributed by atoms with Crippen molar-refractivity contribution in [2.45, 2.75) is 6.92 Å². The molecular formula is C22H18N2O. The summed E-state index contributed by atoms with van der Waals surface area (Å²) < 4.78 is 1.81. The van der Waals surface area contributed by atoms with Crippen LogP contribution in [0.4, 0.5) is 0 Å². The van der Waals surface area contributed by atoms with Gasteiger partial charge < -0.3 is 5.11 Å². The highest BCUT2D eigenvalue weighted by molar-refractivity contribution is 5.79. The number of rotatable bonds is 3. The summed E-state index contributed by atoms with van der Waals surface area (Å²) in [5.41, 5.74) is 5.19. The molecule has 0 atom stereocenters. The van der Waals surface area contributed by atoms with Gasteiger partial charge in [0.05, 0.1) is 5.69 Å². The fraction of sp³-hybridized carbons (Fsp3) is 0.0455. The van der Waals surface area contributed by atoms with E-state index in [4.69, 9.17) is 5.10 Å². The number of para-hydroxylation sites is 1. The Morgan fingerprint density at radius 2 is 1.32 bits per heavy atom. The van der Waals surface area contributed by atoms with Gasteiger partial charge in [0.15, 0.2) is 5.75 Å². The highest BCUT2D eigenvalue weighted by atomic mass is 16.3. The Bertz CT molecular complexity index is 988. The molecule has 4 aromatic rings. The maximum atomic E-state index is 11.0. The molecule has 4 rings (SSSR count). The Hall–Kier alpha value is -3.33. The molecule has 0 aliphatic rings. The summed E-state index contributed by atoms with van der Waals surface area (Å²) in [5, 5.41) is 15.7. The third-order valence-corrected chi connectivity index (χ3v) is 4.23. The number of aromatic hydroxyl groups is 1. The predicted molar refractivity (Wildman–Crippen MR) is 101 cm³/mol. The van der Waals surface area contributed by atoms with Crippen LogP contribution >= 0.6 is 0 Å². The smallest absolute Gasteiger partial charge is 0.170 e. The molecule has 3 heteroatoms. The SMILES string of the molecule is Cc1ccc(-c2nn(-c3ccccc3)c(-c3ccccc3)c2O)cc1. The molecule has 0 saturated carbocycles. The van der Waals surface area contributed by atoms with Crippen LogP contribution in [0.2, 0.25) is 0 Å². The standard InChI is InChI=1S/C22H18N2O/c1-16-12-14-17(15-13-16)20-22(25)21(18-8-4-2-5-9-18)24(23-20)19-10-6-3-7-11-19/h2-15,25H,1H3. The van der Waals surface area contributed by atoms with Gasteiger partial charge in [-0.15, -0.1) is 0 Å². The summed E-state index contributed by atoms with van der Waals surface area (Å²) in [5.74, 6) is 0.193. The first kappa shape index (κ1) is 15.2. The molecule has 122 valence electrons. The van der Waals surface area contributed by atoms with Gasteiger partial charge in [0.25, 0.3) is 0 Å². The van der Waals surface area contributed by atoms with Crippen molar-refractivity contribution in [2.75, 3.05) is 0 Å². The maximum Gasteiger partial charge on any atom is 0.170 e. The molecule has 0 radical (unpaired) electrons. The van der Waals surface area contributed by atoms with E-state index in [1.54, 1.807) is 4.68 Å². The Balaban J connectivity index is 1.97. The zero-order valence-corrected chi connectivity index (χ0v) is 13.9. The lowest BCUT2D eigenvalue weighted by Crippen LogP contribution is -1.98. The van der Waals surface area contributed by atoms with Crippen molar-refractivity contribution in [1.82, 2.24) is 9.78 Å². The molecule has 0 bridgehead atoms. The van der Waals surface area contributed by atoms with Crippen LogP contribution in [0.15, 0.2) is 84.9 Å². The highest BCUT2D eigenvalue weighted by Crippen LogP contribution is 2.39. The highest BCUT2D eigenvalue weighted by Gasteiger charge is 2.20. The molecular weight excluding hydrogens is 308 g/mol. The van der Waals surface area contributed by atoms with Crippen LogP contribution in [0.3, 0.4) is 0 Å². The molecule has 0 fully saturated rings. The average Bonchev–Trinajstić information content (AvgIpc) is 3.01. The molecule has 1 N–H and O–H groups in total. The fourth-order valence-corrected chi connectivity index (χ4v) is 2.93. The molecule has 25 heavy (non-hydrogen) atoms. The molecule has 0 aliphatic carbocycles. The predicted octanol–water partition coefficient (Wildman–Crippen LogP) is 5.22. The van der Waals surface area contributed by atoms with Crippen LogP contribution in [0.5, 0.6) is 5.75 Å². The Labute approximate surface area is 146 Å². The first-order chi connectivity index (χ1) is 12.2. The molecule has 1 heterocycles. The third-order valence-electron chi connectivity index (χ3n) is 4.23. The van der Waals surface area contributed by atoms with Crippen molar-refractivity contribution in [3.63, 3.8) is 0 Å². The molecule has 1 aromatic heterocycles. The minimum Gasteiger partial charge on any atom is -0.504 e. The molecule has 0 aliphatic heterocycles. The molecule has 3 aromatic carbocycles.